The van der Waals surface area contributed by atoms with Gasteiger partial charge < -0.3 is 14.5 Å². The van der Waals surface area contributed by atoms with Gasteiger partial charge in [0.15, 0.2) is 0 Å². The van der Waals surface area contributed by atoms with Gasteiger partial charge >= 0.3 is 0 Å². The molecule has 2 aliphatic rings. The van der Waals surface area contributed by atoms with Crippen molar-refractivity contribution >= 4 is 28.0 Å². The predicted octanol–water partition coefficient (Wildman–Crippen LogP) is 5.94. The van der Waals surface area contributed by atoms with Crippen LogP contribution in [0.1, 0.15) is 41.9 Å². The molecule has 8 heteroatoms. The normalized spacial score (nSPS) is 16.4. The molecule has 0 bridgehead atoms. The zero-order chi connectivity index (χ0) is 27.3. The fraction of sp³-hybridized carbons (Fsp3) is 0.323. The fourth-order valence-electron chi connectivity index (χ4n) is 5.81. The van der Waals surface area contributed by atoms with Crippen LogP contribution in [0, 0.1) is 29.9 Å². The van der Waals surface area contributed by atoms with Crippen LogP contribution >= 0.6 is 0 Å². The van der Waals surface area contributed by atoms with Gasteiger partial charge in [0.2, 0.25) is 0 Å². The van der Waals surface area contributed by atoms with Gasteiger partial charge in [0.1, 0.15) is 11.6 Å². The SMILES string of the molecule is Cc1c(Cc2cccc(C#N)c2)nc2cc(F)cc(F)c2c1N1CC(C)(C)c2ncc(N3CCOCC3)cc21. The van der Waals surface area contributed by atoms with E-state index in [2.05, 4.69) is 35.8 Å². The Kier molecular flexibility index (Phi) is 6.19. The lowest BCUT2D eigenvalue weighted by molar-refractivity contribution is 0.122. The van der Waals surface area contributed by atoms with Crippen molar-refractivity contribution in [1.82, 2.24) is 9.97 Å². The first kappa shape index (κ1) is 25.2. The molecule has 198 valence electrons. The quantitative estimate of drug-likeness (QED) is 0.328. The van der Waals surface area contributed by atoms with Crippen LogP contribution in [0.2, 0.25) is 0 Å². The maximum atomic E-state index is 15.6. The van der Waals surface area contributed by atoms with Crippen molar-refractivity contribution in [3.05, 3.63) is 88.4 Å². The highest BCUT2D eigenvalue weighted by Crippen LogP contribution is 2.48. The predicted molar refractivity (Wildman–Crippen MR) is 148 cm³/mol. The summed E-state index contributed by atoms with van der Waals surface area (Å²) in [6.07, 6.45) is 2.34. The molecule has 6 nitrogen and oxygen atoms in total. The number of hydrogen-bond donors (Lipinski definition) is 0. The topological polar surface area (TPSA) is 65.3 Å². The molecule has 4 aromatic rings. The molecule has 0 saturated carbocycles. The molecule has 0 N–H and O–H groups in total. The summed E-state index contributed by atoms with van der Waals surface area (Å²) in [5.74, 6) is -1.31. The molecule has 1 saturated heterocycles. The Hall–Kier alpha value is -4.09. The number of rotatable bonds is 4. The first-order valence-corrected chi connectivity index (χ1v) is 13.1. The third-order valence-corrected chi connectivity index (χ3v) is 7.73. The van der Waals surface area contributed by atoms with Crippen LogP contribution in [0.15, 0.2) is 48.7 Å². The molecule has 0 unspecified atom stereocenters. The first-order valence-electron chi connectivity index (χ1n) is 13.1. The van der Waals surface area contributed by atoms with Gasteiger partial charge in [-0.05, 0) is 36.2 Å². The molecule has 2 aliphatic heterocycles. The second kappa shape index (κ2) is 9.58. The Morgan fingerprint density at radius 1 is 1.10 bits per heavy atom. The van der Waals surface area contributed by atoms with Crippen LogP contribution in [0.4, 0.5) is 25.8 Å². The van der Waals surface area contributed by atoms with Crippen molar-refractivity contribution in [2.75, 3.05) is 42.6 Å². The molecule has 4 heterocycles. The Morgan fingerprint density at radius 2 is 1.90 bits per heavy atom. The van der Waals surface area contributed by atoms with E-state index in [9.17, 15) is 9.65 Å². The average Bonchev–Trinajstić information content (AvgIpc) is 3.19. The molecular formula is C31H29F2N5O. The van der Waals surface area contributed by atoms with E-state index in [1.807, 2.05) is 31.3 Å². The third-order valence-electron chi connectivity index (χ3n) is 7.73. The van der Waals surface area contributed by atoms with Gasteiger partial charge in [-0.3, -0.25) is 9.97 Å². The number of benzene rings is 2. The molecule has 1 fully saturated rings. The van der Waals surface area contributed by atoms with Crippen molar-refractivity contribution in [3.8, 4) is 6.07 Å². The van der Waals surface area contributed by atoms with E-state index < -0.39 is 11.6 Å². The van der Waals surface area contributed by atoms with Gasteiger partial charge in [0.25, 0.3) is 0 Å². The van der Waals surface area contributed by atoms with Gasteiger partial charge in [0.05, 0.1) is 70.4 Å². The van der Waals surface area contributed by atoms with E-state index in [4.69, 9.17) is 14.7 Å². The molecule has 39 heavy (non-hydrogen) atoms. The number of morpholine rings is 1. The lowest BCUT2D eigenvalue weighted by Gasteiger charge is -2.30. The summed E-state index contributed by atoms with van der Waals surface area (Å²) in [6.45, 7) is 9.68. The minimum Gasteiger partial charge on any atom is -0.378 e. The van der Waals surface area contributed by atoms with Crippen molar-refractivity contribution < 1.29 is 13.5 Å². The van der Waals surface area contributed by atoms with Crippen LogP contribution in [0.25, 0.3) is 10.9 Å². The summed E-state index contributed by atoms with van der Waals surface area (Å²) in [4.78, 5) is 14.0. The van der Waals surface area contributed by atoms with Crippen molar-refractivity contribution in [2.24, 2.45) is 0 Å². The Labute approximate surface area is 226 Å². The highest BCUT2D eigenvalue weighted by molar-refractivity contribution is 5.98. The van der Waals surface area contributed by atoms with Gasteiger partial charge in [-0.2, -0.15) is 5.26 Å². The first-order chi connectivity index (χ1) is 18.7. The second-order valence-electron chi connectivity index (χ2n) is 10.9. The summed E-state index contributed by atoms with van der Waals surface area (Å²) in [7, 11) is 0. The highest BCUT2D eigenvalue weighted by Gasteiger charge is 2.39. The zero-order valence-electron chi connectivity index (χ0n) is 22.3. The van der Waals surface area contributed by atoms with Crippen LogP contribution in [-0.2, 0) is 16.6 Å². The summed E-state index contributed by atoms with van der Waals surface area (Å²) in [5, 5.41) is 9.65. The molecule has 0 atom stereocenters. The van der Waals surface area contributed by atoms with E-state index in [0.717, 1.165) is 47.4 Å². The van der Waals surface area contributed by atoms with Crippen LogP contribution < -0.4 is 9.80 Å². The van der Waals surface area contributed by atoms with Crippen LogP contribution in [0.3, 0.4) is 0 Å². The van der Waals surface area contributed by atoms with Crippen LogP contribution in [0.5, 0.6) is 0 Å². The smallest absolute Gasteiger partial charge is 0.137 e. The number of hydrogen-bond acceptors (Lipinski definition) is 6. The van der Waals surface area contributed by atoms with Crippen molar-refractivity contribution in [3.63, 3.8) is 0 Å². The van der Waals surface area contributed by atoms with E-state index in [1.165, 1.54) is 6.07 Å². The number of halogens is 2. The molecule has 0 spiro atoms. The van der Waals surface area contributed by atoms with E-state index in [1.54, 1.807) is 6.07 Å². The maximum absolute atomic E-state index is 15.6. The number of anilines is 3. The number of pyridine rings is 2. The fourth-order valence-corrected chi connectivity index (χ4v) is 5.81. The van der Waals surface area contributed by atoms with E-state index >= 15 is 4.39 Å². The molecule has 2 aromatic carbocycles. The summed E-state index contributed by atoms with van der Waals surface area (Å²) in [5.41, 5.74) is 6.49. The summed E-state index contributed by atoms with van der Waals surface area (Å²) >= 11 is 0. The van der Waals surface area contributed by atoms with Gasteiger partial charge in [0, 0.05) is 43.6 Å². The Morgan fingerprint density at radius 3 is 2.67 bits per heavy atom. The number of nitrogens with zero attached hydrogens (tertiary/aromatic N) is 5. The second-order valence-corrected chi connectivity index (χ2v) is 10.9. The van der Waals surface area contributed by atoms with Gasteiger partial charge in [-0.15, -0.1) is 0 Å². The molecule has 0 aliphatic carbocycles. The molecule has 6 rings (SSSR count). The minimum absolute atomic E-state index is 0.267. The molecular weight excluding hydrogens is 496 g/mol. The van der Waals surface area contributed by atoms with Gasteiger partial charge in [-0.25, -0.2) is 8.78 Å². The summed E-state index contributed by atoms with van der Waals surface area (Å²) in [6, 6.07) is 13.9. The molecule has 0 radical (unpaired) electrons. The maximum Gasteiger partial charge on any atom is 0.137 e. The lowest BCUT2D eigenvalue weighted by atomic mass is 9.91. The number of ether oxygens (including phenoxy) is 1. The number of nitriles is 1. The standard InChI is InChI=1S/C31H29F2N5O/c1-19-25(12-20-5-4-6-21(11-20)16-34)36-26-14-22(32)13-24(33)28(26)29(19)38-18-31(2,3)30-27(38)15-23(17-35-30)37-7-9-39-10-8-37/h4-6,11,13-15,17H,7-10,12,18H2,1-3H3. The number of aromatic nitrogens is 2. The third kappa shape index (κ3) is 4.47. The monoisotopic (exact) mass is 525 g/mol. The Bertz CT molecular complexity index is 1640. The lowest BCUT2D eigenvalue weighted by Crippen LogP contribution is -2.36. The molecule has 0 amide bonds. The van der Waals surface area contributed by atoms with Crippen molar-refractivity contribution in [1.29, 1.82) is 5.26 Å². The number of fused-ring (bicyclic) bond motifs is 2. The molecule has 2 aromatic heterocycles. The zero-order valence-corrected chi connectivity index (χ0v) is 22.3. The van der Waals surface area contributed by atoms with Crippen molar-refractivity contribution in [2.45, 2.75) is 32.6 Å². The minimum atomic E-state index is -0.668. The van der Waals surface area contributed by atoms with Gasteiger partial charge in [-0.1, -0.05) is 26.0 Å². The average molecular weight is 526 g/mol. The van der Waals surface area contributed by atoms with E-state index in [-0.39, 0.29) is 10.9 Å². The largest absolute Gasteiger partial charge is 0.378 e. The Balaban J connectivity index is 1.55. The van der Waals surface area contributed by atoms with Crippen LogP contribution in [-0.4, -0.2) is 42.8 Å². The summed E-state index contributed by atoms with van der Waals surface area (Å²) < 4.78 is 35.5. The van der Waals surface area contributed by atoms with E-state index in [0.29, 0.717) is 48.5 Å². The highest BCUT2D eigenvalue weighted by atomic mass is 19.1.